The number of hydrogen-bond donors (Lipinski definition) is 1. The molecule has 1 saturated heterocycles. The highest BCUT2D eigenvalue weighted by Gasteiger charge is 2.31. The fourth-order valence-electron chi connectivity index (χ4n) is 4.95. The summed E-state index contributed by atoms with van der Waals surface area (Å²) in [5.74, 6) is 1.33. The van der Waals surface area contributed by atoms with E-state index in [0.29, 0.717) is 31.0 Å². The molecule has 3 aromatic heterocycles. The number of hydrogen-bond acceptors (Lipinski definition) is 7. The van der Waals surface area contributed by atoms with Crippen LogP contribution in [0.3, 0.4) is 0 Å². The molecular weight excluding hydrogens is 460 g/mol. The number of nitrogens with zero attached hydrogens (tertiary/aromatic N) is 5. The minimum atomic E-state index is 0.0130. The molecule has 0 saturated carbocycles. The lowest BCUT2D eigenvalue weighted by Crippen LogP contribution is -2.33. The van der Waals surface area contributed by atoms with Crippen molar-refractivity contribution in [3.05, 3.63) is 48.4 Å². The van der Waals surface area contributed by atoms with Gasteiger partial charge < -0.3 is 24.8 Å². The number of amides is 1. The van der Waals surface area contributed by atoms with Gasteiger partial charge in [0.15, 0.2) is 0 Å². The summed E-state index contributed by atoms with van der Waals surface area (Å²) in [5.41, 5.74) is 9.92. The number of aromatic nitrogens is 3. The summed E-state index contributed by atoms with van der Waals surface area (Å²) < 4.78 is 8.90. The monoisotopic (exact) mass is 490 g/mol. The van der Waals surface area contributed by atoms with Crippen molar-refractivity contribution >= 4 is 44.2 Å². The molecule has 0 unspecified atom stereocenters. The van der Waals surface area contributed by atoms with Crippen LogP contribution >= 0.6 is 11.3 Å². The molecule has 1 aliphatic heterocycles. The first-order valence-corrected chi connectivity index (χ1v) is 12.4. The molecule has 4 heterocycles. The van der Waals surface area contributed by atoms with Crippen LogP contribution in [0.25, 0.3) is 31.6 Å². The van der Waals surface area contributed by atoms with Gasteiger partial charge in [0.05, 0.1) is 23.2 Å². The summed E-state index contributed by atoms with van der Waals surface area (Å²) in [4.78, 5) is 26.7. The second kappa shape index (κ2) is 8.98. The molecule has 0 spiro atoms. The highest BCUT2D eigenvalue weighted by atomic mass is 32.1. The Hall–Kier alpha value is -3.43. The molecule has 0 bridgehead atoms. The molecule has 2 N–H and O–H groups in total. The third kappa shape index (κ3) is 4.15. The molecule has 4 aromatic rings. The lowest BCUT2D eigenvalue weighted by Gasteiger charge is -2.20. The summed E-state index contributed by atoms with van der Waals surface area (Å²) in [6.07, 6.45) is 4.46. The average molecular weight is 491 g/mol. The Labute approximate surface area is 208 Å². The van der Waals surface area contributed by atoms with Gasteiger partial charge in [-0.2, -0.15) is 0 Å². The van der Waals surface area contributed by atoms with Crippen LogP contribution in [0.4, 0.5) is 5.82 Å². The third-order valence-corrected chi connectivity index (χ3v) is 7.70. The van der Waals surface area contributed by atoms with Crippen molar-refractivity contribution in [3.8, 4) is 16.2 Å². The lowest BCUT2D eigenvalue weighted by atomic mass is 10.1. The number of ether oxygens (including phenoxy) is 1. The topological polar surface area (TPSA) is 89.5 Å². The number of likely N-dealkylation sites (N-methyl/N-ethyl adjacent to an activating group) is 1. The number of nitrogen functional groups attached to an aromatic ring is 1. The maximum absolute atomic E-state index is 12.9. The highest BCUT2D eigenvalue weighted by molar-refractivity contribution is 7.22. The molecule has 8 nitrogen and oxygen atoms in total. The van der Waals surface area contributed by atoms with E-state index in [0.717, 1.165) is 49.3 Å². The number of benzene rings is 1. The van der Waals surface area contributed by atoms with E-state index < -0.39 is 0 Å². The molecular formula is C26H30N6O2S. The first-order chi connectivity index (χ1) is 16.8. The van der Waals surface area contributed by atoms with Crippen LogP contribution in [0.2, 0.25) is 0 Å². The van der Waals surface area contributed by atoms with E-state index >= 15 is 0 Å². The minimum Gasteiger partial charge on any atom is -0.495 e. The second-order valence-electron chi connectivity index (χ2n) is 9.44. The summed E-state index contributed by atoms with van der Waals surface area (Å²) >= 11 is 1.67. The van der Waals surface area contributed by atoms with Crippen molar-refractivity contribution in [1.82, 2.24) is 24.3 Å². The number of carbonyl (C=O) groups excluding carboxylic acids is 1. The Balaban J connectivity index is 1.54. The summed E-state index contributed by atoms with van der Waals surface area (Å²) in [6.45, 7) is 7.91. The van der Waals surface area contributed by atoms with Crippen molar-refractivity contribution in [3.63, 3.8) is 0 Å². The highest BCUT2D eigenvalue weighted by Crippen LogP contribution is 2.43. The van der Waals surface area contributed by atoms with Crippen molar-refractivity contribution in [2.45, 2.75) is 19.4 Å². The molecule has 0 aliphatic carbocycles. The minimum absolute atomic E-state index is 0.0130. The average Bonchev–Trinajstić information content (AvgIpc) is 3.54. The van der Waals surface area contributed by atoms with Gasteiger partial charge in [0.2, 0.25) is 0 Å². The molecule has 1 atom stereocenters. The number of likely N-dealkylation sites (tertiary alicyclic amines) is 1. The zero-order valence-corrected chi connectivity index (χ0v) is 21.4. The van der Waals surface area contributed by atoms with Crippen molar-refractivity contribution in [2.24, 2.45) is 0 Å². The van der Waals surface area contributed by atoms with Gasteiger partial charge in [-0.05, 0) is 50.5 Å². The van der Waals surface area contributed by atoms with Gasteiger partial charge in [0.25, 0.3) is 5.91 Å². The van der Waals surface area contributed by atoms with Crippen molar-refractivity contribution < 1.29 is 9.53 Å². The van der Waals surface area contributed by atoms with Crippen LogP contribution in [0.5, 0.6) is 5.75 Å². The molecule has 0 radical (unpaired) electrons. The van der Waals surface area contributed by atoms with E-state index in [9.17, 15) is 4.79 Å². The van der Waals surface area contributed by atoms with Gasteiger partial charge in [-0.15, -0.1) is 11.3 Å². The SMILES string of the molecule is C=C(CN(C)C)C(=O)N1CC[C@H](n2cc(-c3cc4cc(C)cc(OC)c4s3)c3c(N)ncnc32)C1. The Bertz CT molecular complexity index is 1450. The van der Waals surface area contributed by atoms with E-state index in [2.05, 4.69) is 52.4 Å². The number of rotatable bonds is 6. The number of anilines is 1. The summed E-state index contributed by atoms with van der Waals surface area (Å²) in [5, 5.41) is 1.98. The molecule has 1 amide bonds. The summed E-state index contributed by atoms with van der Waals surface area (Å²) in [6, 6.07) is 6.50. The van der Waals surface area contributed by atoms with E-state index in [1.54, 1.807) is 18.4 Å². The molecule has 9 heteroatoms. The molecule has 1 fully saturated rings. The predicted molar refractivity (Wildman–Crippen MR) is 142 cm³/mol. The Morgan fingerprint density at radius 1 is 1.31 bits per heavy atom. The number of fused-ring (bicyclic) bond motifs is 2. The van der Waals surface area contributed by atoms with Gasteiger partial charge in [0, 0.05) is 41.8 Å². The van der Waals surface area contributed by atoms with Crippen LogP contribution in [0.1, 0.15) is 18.0 Å². The quantitative estimate of drug-likeness (QED) is 0.409. The Morgan fingerprint density at radius 3 is 2.86 bits per heavy atom. The lowest BCUT2D eigenvalue weighted by molar-refractivity contribution is -0.126. The second-order valence-corrected chi connectivity index (χ2v) is 10.5. The Kier molecular flexibility index (Phi) is 5.98. The van der Waals surface area contributed by atoms with E-state index in [1.165, 1.54) is 6.33 Å². The maximum Gasteiger partial charge on any atom is 0.250 e. The van der Waals surface area contributed by atoms with E-state index in [1.807, 2.05) is 23.9 Å². The van der Waals surface area contributed by atoms with Gasteiger partial charge >= 0.3 is 0 Å². The normalized spacial score (nSPS) is 16.0. The maximum atomic E-state index is 12.9. The summed E-state index contributed by atoms with van der Waals surface area (Å²) in [7, 11) is 5.58. The van der Waals surface area contributed by atoms with Crippen LogP contribution in [-0.2, 0) is 4.79 Å². The number of methoxy groups -OCH3 is 1. The number of thiophene rings is 1. The third-order valence-electron chi connectivity index (χ3n) is 6.50. The van der Waals surface area contributed by atoms with E-state index in [4.69, 9.17) is 10.5 Å². The van der Waals surface area contributed by atoms with Crippen LogP contribution in [-0.4, -0.2) is 71.1 Å². The van der Waals surface area contributed by atoms with Gasteiger partial charge in [-0.25, -0.2) is 9.97 Å². The van der Waals surface area contributed by atoms with Crippen molar-refractivity contribution in [1.29, 1.82) is 0 Å². The molecule has 5 rings (SSSR count). The molecule has 1 aromatic carbocycles. The van der Waals surface area contributed by atoms with Gasteiger partial charge in [-0.3, -0.25) is 4.79 Å². The molecule has 1 aliphatic rings. The van der Waals surface area contributed by atoms with Crippen molar-refractivity contribution in [2.75, 3.05) is 46.6 Å². The number of nitrogens with two attached hydrogens (primary N) is 1. The van der Waals surface area contributed by atoms with Gasteiger partial charge in [0.1, 0.15) is 23.5 Å². The van der Waals surface area contributed by atoms with Crippen LogP contribution in [0, 0.1) is 6.92 Å². The molecule has 35 heavy (non-hydrogen) atoms. The number of aryl methyl sites for hydroxylation is 1. The zero-order valence-electron chi connectivity index (χ0n) is 20.5. The first kappa shape index (κ1) is 23.3. The number of carbonyl (C=O) groups is 1. The van der Waals surface area contributed by atoms with Crippen LogP contribution in [0.15, 0.2) is 42.9 Å². The van der Waals surface area contributed by atoms with Crippen LogP contribution < -0.4 is 10.5 Å². The standard InChI is InChI=1S/C26H30N6O2S/c1-15-8-17-10-21(35-23(17)20(9-15)34-5)19-13-32(25-22(19)24(27)28-14-29-25)18-6-7-31(12-18)26(33)16(2)11-30(3)4/h8-10,13-14,18H,2,6-7,11-12H2,1,3-5H3,(H2,27,28,29)/t18-/m0/s1. The molecule has 182 valence electrons. The zero-order chi connectivity index (χ0) is 24.9. The fourth-order valence-corrected chi connectivity index (χ4v) is 6.10. The fraction of sp³-hybridized carbons (Fsp3) is 0.346. The predicted octanol–water partition coefficient (Wildman–Crippen LogP) is 4.10. The van der Waals surface area contributed by atoms with Gasteiger partial charge in [-0.1, -0.05) is 12.6 Å². The smallest absolute Gasteiger partial charge is 0.250 e. The Morgan fingerprint density at radius 2 is 2.11 bits per heavy atom. The first-order valence-electron chi connectivity index (χ1n) is 11.6. The largest absolute Gasteiger partial charge is 0.495 e. The van der Waals surface area contributed by atoms with E-state index in [-0.39, 0.29) is 11.9 Å².